The molecule has 0 saturated carbocycles. The van der Waals surface area contributed by atoms with Crippen molar-refractivity contribution in [3.8, 4) is 11.9 Å². The summed E-state index contributed by atoms with van der Waals surface area (Å²) in [6.45, 7) is 4.46. The largest absolute Gasteiger partial charge is 0.467 e. The van der Waals surface area contributed by atoms with Gasteiger partial charge in [-0.3, -0.25) is 4.79 Å². The summed E-state index contributed by atoms with van der Waals surface area (Å²) in [4.78, 5) is 10.5. The number of anilines is 1. The predicted octanol–water partition coefficient (Wildman–Crippen LogP) is 0.488. The molecule has 1 N–H and O–H groups in total. The van der Waals surface area contributed by atoms with E-state index in [1.165, 1.54) is 4.68 Å². The molecule has 1 aromatic rings. The van der Waals surface area contributed by atoms with Crippen molar-refractivity contribution in [3.63, 3.8) is 0 Å². The van der Waals surface area contributed by atoms with Crippen LogP contribution in [0.15, 0.2) is 6.20 Å². The molecule has 7 heteroatoms. The molecule has 18 heavy (non-hydrogen) atoms. The van der Waals surface area contributed by atoms with Crippen molar-refractivity contribution in [1.29, 1.82) is 5.26 Å². The highest BCUT2D eigenvalue weighted by Crippen LogP contribution is 2.27. The zero-order valence-electron chi connectivity index (χ0n) is 10.2. The van der Waals surface area contributed by atoms with Crippen LogP contribution in [-0.2, 0) is 15.1 Å². The maximum absolute atomic E-state index is 10.5. The zero-order chi connectivity index (χ0) is 13.2. The second-order valence-corrected chi connectivity index (χ2v) is 4.50. The monoisotopic (exact) mass is 250 g/mol. The highest BCUT2D eigenvalue weighted by molar-refractivity contribution is 5.73. The van der Waals surface area contributed by atoms with Crippen LogP contribution >= 0.6 is 0 Å². The van der Waals surface area contributed by atoms with Crippen molar-refractivity contribution < 1.29 is 14.3 Å². The van der Waals surface area contributed by atoms with Gasteiger partial charge in [0.25, 0.3) is 5.88 Å². The van der Waals surface area contributed by atoms with Crippen LogP contribution < -0.4 is 10.1 Å². The van der Waals surface area contributed by atoms with E-state index >= 15 is 0 Å². The summed E-state index contributed by atoms with van der Waals surface area (Å²) in [6.07, 6.45) is 2.07. The van der Waals surface area contributed by atoms with Gasteiger partial charge in [0, 0.05) is 0 Å². The zero-order valence-corrected chi connectivity index (χ0v) is 10.2. The Hall–Kier alpha value is -2.07. The molecule has 7 nitrogen and oxygen atoms in total. The summed E-state index contributed by atoms with van der Waals surface area (Å²) in [5, 5.41) is 15.8. The molecule has 0 unspecified atom stereocenters. The maximum Gasteiger partial charge on any atom is 0.257 e. The van der Waals surface area contributed by atoms with Crippen LogP contribution in [0.5, 0.6) is 5.88 Å². The third-order valence-corrected chi connectivity index (χ3v) is 2.63. The van der Waals surface area contributed by atoms with Gasteiger partial charge in [-0.1, -0.05) is 0 Å². The smallest absolute Gasteiger partial charge is 0.257 e. The fourth-order valence-corrected chi connectivity index (χ4v) is 1.39. The molecule has 1 saturated heterocycles. The number of ether oxygens (including phenoxy) is 2. The highest BCUT2D eigenvalue weighted by atomic mass is 16.6. The first-order chi connectivity index (χ1) is 8.56. The first-order valence-electron chi connectivity index (χ1n) is 5.53. The van der Waals surface area contributed by atoms with Crippen molar-refractivity contribution in [2.45, 2.75) is 25.5 Å². The van der Waals surface area contributed by atoms with E-state index in [9.17, 15) is 4.79 Å². The number of aromatic nitrogens is 2. The van der Waals surface area contributed by atoms with Crippen LogP contribution in [0.2, 0.25) is 0 Å². The lowest BCUT2D eigenvalue weighted by atomic mass is 10.1. The molecule has 0 radical (unpaired) electrons. The molecule has 0 aliphatic carbocycles. The normalized spacial score (nSPS) is 15.6. The van der Waals surface area contributed by atoms with Gasteiger partial charge in [0.05, 0.1) is 25.5 Å². The molecule has 1 aromatic heterocycles. The summed E-state index contributed by atoms with van der Waals surface area (Å²) in [7, 11) is 0. The van der Waals surface area contributed by atoms with Crippen LogP contribution in [0, 0.1) is 11.3 Å². The summed E-state index contributed by atoms with van der Waals surface area (Å²) < 4.78 is 12.0. The third-order valence-electron chi connectivity index (χ3n) is 2.63. The van der Waals surface area contributed by atoms with Crippen LogP contribution in [-0.4, -0.2) is 35.5 Å². The van der Waals surface area contributed by atoms with Gasteiger partial charge in [0.15, 0.2) is 0 Å². The number of amides is 1. The Labute approximate surface area is 104 Å². The molecular weight excluding hydrogens is 236 g/mol. The average molecular weight is 250 g/mol. The minimum atomic E-state index is -0.808. The topological polar surface area (TPSA) is 89.2 Å². The van der Waals surface area contributed by atoms with Gasteiger partial charge < -0.3 is 14.8 Å². The Morgan fingerprint density at radius 1 is 1.72 bits per heavy atom. The molecule has 1 aliphatic heterocycles. The van der Waals surface area contributed by atoms with E-state index in [0.717, 1.165) is 0 Å². The van der Waals surface area contributed by atoms with E-state index < -0.39 is 5.54 Å². The molecule has 1 amide bonds. The number of nitrogens with one attached hydrogen (secondary N) is 1. The first kappa shape index (κ1) is 12.4. The summed E-state index contributed by atoms with van der Waals surface area (Å²) in [5.74, 6) is 0.304. The van der Waals surface area contributed by atoms with E-state index in [0.29, 0.717) is 31.2 Å². The Balaban J connectivity index is 2.25. The van der Waals surface area contributed by atoms with Crippen molar-refractivity contribution in [2.75, 3.05) is 18.5 Å². The molecule has 96 valence electrons. The molecule has 2 rings (SSSR count). The quantitative estimate of drug-likeness (QED) is 0.768. The second kappa shape index (κ2) is 4.66. The maximum atomic E-state index is 10.5. The van der Waals surface area contributed by atoms with Crippen molar-refractivity contribution in [2.24, 2.45) is 0 Å². The van der Waals surface area contributed by atoms with Crippen LogP contribution in [0.4, 0.5) is 5.69 Å². The molecular formula is C11H14N4O3. The van der Waals surface area contributed by atoms with E-state index in [-0.39, 0.29) is 6.10 Å². The minimum Gasteiger partial charge on any atom is -0.467 e. The number of nitriles is 1. The first-order valence-corrected chi connectivity index (χ1v) is 5.53. The SMILES string of the molecule is CC(C)(C#N)n1cc(NC=O)c(OC2COC2)n1. The minimum absolute atomic E-state index is 0.0502. The van der Waals surface area contributed by atoms with E-state index in [1.54, 1.807) is 20.0 Å². The Kier molecular flexibility index (Phi) is 3.21. The van der Waals surface area contributed by atoms with Gasteiger partial charge in [0.1, 0.15) is 17.3 Å². The number of nitrogens with zero attached hydrogens (tertiary/aromatic N) is 3. The Morgan fingerprint density at radius 2 is 2.44 bits per heavy atom. The van der Waals surface area contributed by atoms with E-state index in [2.05, 4.69) is 16.5 Å². The molecule has 1 fully saturated rings. The summed E-state index contributed by atoms with van der Waals surface area (Å²) in [6, 6.07) is 2.13. The van der Waals surface area contributed by atoms with Crippen LogP contribution in [0.3, 0.4) is 0 Å². The lowest BCUT2D eigenvalue weighted by Gasteiger charge is -2.25. The number of carbonyl (C=O) groups is 1. The molecule has 2 heterocycles. The predicted molar refractivity (Wildman–Crippen MR) is 62.1 cm³/mol. The number of hydrogen-bond donors (Lipinski definition) is 1. The fraction of sp³-hybridized carbons (Fsp3) is 0.545. The number of carbonyl (C=O) groups excluding carboxylic acids is 1. The van der Waals surface area contributed by atoms with Gasteiger partial charge in [-0.25, -0.2) is 4.68 Å². The van der Waals surface area contributed by atoms with Gasteiger partial charge in [-0.15, -0.1) is 5.10 Å². The number of rotatable bonds is 5. The lowest BCUT2D eigenvalue weighted by Crippen LogP contribution is -2.38. The molecule has 1 aliphatic rings. The Bertz CT molecular complexity index is 485. The number of hydrogen-bond acceptors (Lipinski definition) is 5. The standard InChI is InChI=1S/C11H14N4O3/c1-11(2,6-12)15-3-9(13-7-16)10(14-15)18-8-4-17-5-8/h3,7-8H,4-5H2,1-2H3,(H,13,16). The van der Waals surface area contributed by atoms with Crippen molar-refractivity contribution in [3.05, 3.63) is 6.20 Å². The average Bonchev–Trinajstić information content (AvgIpc) is 2.68. The third kappa shape index (κ3) is 2.28. The second-order valence-electron chi connectivity index (χ2n) is 4.50. The van der Waals surface area contributed by atoms with Gasteiger partial charge in [0.2, 0.25) is 6.41 Å². The molecule has 0 bridgehead atoms. The highest BCUT2D eigenvalue weighted by Gasteiger charge is 2.27. The van der Waals surface area contributed by atoms with Gasteiger partial charge >= 0.3 is 0 Å². The fourth-order valence-electron chi connectivity index (χ4n) is 1.39. The van der Waals surface area contributed by atoms with Crippen molar-refractivity contribution >= 4 is 12.1 Å². The van der Waals surface area contributed by atoms with E-state index in [1.807, 2.05) is 0 Å². The molecule has 0 atom stereocenters. The summed E-state index contributed by atoms with van der Waals surface area (Å²) in [5.41, 5.74) is -0.364. The molecule has 0 aromatic carbocycles. The van der Waals surface area contributed by atoms with Gasteiger partial charge in [-0.05, 0) is 13.8 Å². The van der Waals surface area contributed by atoms with Gasteiger partial charge in [-0.2, -0.15) is 5.26 Å². The van der Waals surface area contributed by atoms with Crippen LogP contribution in [0.1, 0.15) is 13.8 Å². The Morgan fingerprint density at radius 3 is 2.94 bits per heavy atom. The van der Waals surface area contributed by atoms with Crippen LogP contribution in [0.25, 0.3) is 0 Å². The van der Waals surface area contributed by atoms with E-state index in [4.69, 9.17) is 14.7 Å². The molecule has 0 spiro atoms. The lowest BCUT2D eigenvalue weighted by molar-refractivity contribution is -0.105. The van der Waals surface area contributed by atoms with Crippen molar-refractivity contribution in [1.82, 2.24) is 9.78 Å². The summed E-state index contributed by atoms with van der Waals surface area (Å²) >= 11 is 0.